The zero-order valence-corrected chi connectivity index (χ0v) is 15.0. The molecule has 0 N–H and O–H groups in total. The zero-order valence-electron chi connectivity index (χ0n) is 13.3. The van der Waals surface area contributed by atoms with Gasteiger partial charge in [0.25, 0.3) is 11.8 Å². The average Bonchev–Trinajstić information content (AvgIpc) is 2.60. The van der Waals surface area contributed by atoms with Crippen molar-refractivity contribution in [1.82, 2.24) is 5.06 Å². The van der Waals surface area contributed by atoms with Gasteiger partial charge in [-0.25, -0.2) is 0 Å². The van der Waals surface area contributed by atoms with Gasteiger partial charge in [0.2, 0.25) is 0 Å². The van der Waals surface area contributed by atoms with Gasteiger partial charge in [-0.05, 0) is 23.6 Å². The van der Waals surface area contributed by atoms with Gasteiger partial charge in [-0.15, -0.1) is 27.7 Å². The van der Waals surface area contributed by atoms with E-state index < -0.39 is 27.4 Å². The molecular weight excluding hydrogens is 407 g/mol. The molecule has 1 aliphatic heterocycles. The molecule has 0 saturated heterocycles. The first-order valence-corrected chi connectivity index (χ1v) is 9.67. The maximum absolute atomic E-state index is 12.6. The maximum atomic E-state index is 12.6. The monoisotopic (exact) mass is 417 g/mol. The highest BCUT2D eigenvalue weighted by atomic mass is 32.2. The molecule has 1 heterocycles. The summed E-state index contributed by atoms with van der Waals surface area (Å²) in [6.45, 7) is 3.61. The predicted octanol–water partition coefficient (Wildman–Crippen LogP) is 3.50. The van der Waals surface area contributed by atoms with Crippen molar-refractivity contribution in [3.05, 3.63) is 54.1 Å². The Morgan fingerprint density at radius 2 is 1.74 bits per heavy atom. The van der Waals surface area contributed by atoms with Gasteiger partial charge in [0.05, 0.1) is 11.1 Å². The molecule has 0 aromatic heterocycles. The van der Waals surface area contributed by atoms with Gasteiger partial charge in [0, 0.05) is 16.0 Å². The van der Waals surface area contributed by atoms with Crippen LogP contribution in [0.15, 0.2) is 47.9 Å². The Kier molecular flexibility index (Phi) is 4.78. The van der Waals surface area contributed by atoms with E-state index in [9.17, 15) is 31.2 Å². The van der Waals surface area contributed by atoms with Crippen molar-refractivity contribution in [3.63, 3.8) is 0 Å². The minimum atomic E-state index is -6.19. The van der Waals surface area contributed by atoms with Gasteiger partial charge in [-0.1, -0.05) is 18.2 Å². The van der Waals surface area contributed by atoms with Gasteiger partial charge < -0.3 is 0 Å². The Hall–Kier alpha value is -2.37. The highest BCUT2D eigenvalue weighted by molar-refractivity contribution is 7.99. The average molecular weight is 417 g/mol. The molecule has 2 aromatic rings. The Bertz CT molecular complexity index is 1060. The van der Waals surface area contributed by atoms with Crippen molar-refractivity contribution in [2.75, 3.05) is 5.75 Å². The van der Waals surface area contributed by atoms with E-state index in [1.54, 1.807) is 18.2 Å². The number of amides is 2. The zero-order chi connectivity index (χ0) is 20.0. The number of carbonyl (C=O) groups excluding carboxylic acids is 2. The van der Waals surface area contributed by atoms with E-state index in [1.165, 1.54) is 30.0 Å². The van der Waals surface area contributed by atoms with Crippen LogP contribution in [0.1, 0.15) is 20.7 Å². The predicted molar refractivity (Wildman–Crippen MR) is 91.4 cm³/mol. The van der Waals surface area contributed by atoms with Gasteiger partial charge in [-0.2, -0.15) is 21.6 Å². The van der Waals surface area contributed by atoms with E-state index in [0.29, 0.717) is 11.1 Å². The Morgan fingerprint density at radius 1 is 1.11 bits per heavy atom. The summed E-state index contributed by atoms with van der Waals surface area (Å²) in [5, 5.41) is 0.388. The third-order valence-corrected chi connectivity index (χ3v) is 5.62. The van der Waals surface area contributed by atoms with Crippen LogP contribution in [-0.4, -0.2) is 36.6 Å². The van der Waals surface area contributed by atoms with Crippen molar-refractivity contribution in [2.24, 2.45) is 0 Å². The topological polar surface area (TPSA) is 80.8 Å². The van der Waals surface area contributed by atoms with Gasteiger partial charge in [0.1, 0.15) is 0 Å². The highest BCUT2D eigenvalue weighted by Crippen LogP contribution is 2.37. The van der Waals surface area contributed by atoms with Crippen LogP contribution in [-0.2, 0) is 14.4 Å². The molecule has 1 aliphatic rings. The molecule has 11 heteroatoms. The molecule has 2 amide bonds. The van der Waals surface area contributed by atoms with E-state index in [-0.39, 0.29) is 21.6 Å². The van der Waals surface area contributed by atoms with Crippen LogP contribution >= 0.6 is 11.8 Å². The fraction of sp³-hybridized carbons (Fsp3) is 0.125. The summed E-state index contributed by atoms with van der Waals surface area (Å²) in [6.07, 6.45) is 1.66. The standard InChI is InChI=1S/C16H10F3NO5S2/c1-2-8-26-12-7-6-11-13-9(12)4-3-5-10(13)14(21)20(15(11)22)25-27(23,24)16(17,18)19/h2-7H,1,8H2. The van der Waals surface area contributed by atoms with Crippen LogP contribution in [0, 0.1) is 0 Å². The quantitative estimate of drug-likeness (QED) is 0.321. The molecule has 0 fully saturated rings. The van der Waals surface area contributed by atoms with Crippen LogP contribution in [0.3, 0.4) is 0 Å². The van der Waals surface area contributed by atoms with Crippen LogP contribution in [0.4, 0.5) is 13.2 Å². The molecule has 0 saturated carbocycles. The number of thioether (sulfide) groups is 1. The van der Waals surface area contributed by atoms with Crippen molar-refractivity contribution in [1.29, 1.82) is 0 Å². The van der Waals surface area contributed by atoms with Gasteiger partial charge in [0.15, 0.2) is 0 Å². The Morgan fingerprint density at radius 3 is 2.33 bits per heavy atom. The number of rotatable bonds is 5. The number of hydroxylamine groups is 2. The molecule has 0 radical (unpaired) electrons. The molecule has 27 heavy (non-hydrogen) atoms. The van der Waals surface area contributed by atoms with Crippen LogP contribution < -0.4 is 0 Å². The minimum absolute atomic E-state index is 0.138. The number of nitrogens with zero attached hydrogens (tertiary/aromatic N) is 1. The first-order chi connectivity index (χ1) is 12.6. The van der Waals surface area contributed by atoms with E-state index in [2.05, 4.69) is 10.9 Å². The van der Waals surface area contributed by atoms with Crippen LogP contribution in [0.25, 0.3) is 10.8 Å². The summed E-state index contributed by atoms with van der Waals surface area (Å²) in [7, 11) is -6.19. The second kappa shape index (κ2) is 6.66. The van der Waals surface area contributed by atoms with Crippen molar-refractivity contribution in [2.45, 2.75) is 10.4 Å². The molecule has 6 nitrogen and oxygen atoms in total. The molecule has 0 atom stereocenters. The smallest absolute Gasteiger partial charge is 0.266 e. The minimum Gasteiger partial charge on any atom is -0.266 e. The first-order valence-electron chi connectivity index (χ1n) is 7.27. The van der Waals surface area contributed by atoms with Crippen molar-refractivity contribution in [3.8, 4) is 0 Å². The maximum Gasteiger partial charge on any atom is 0.525 e. The lowest BCUT2D eigenvalue weighted by molar-refractivity contribution is -0.0761. The SMILES string of the molecule is C=CCSc1ccc2c3c(cccc13)C(=O)N(OS(=O)(=O)C(F)(F)F)C2=O. The summed E-state index contributed by atoms with van der Waals surface area (Å²) >= 11 is 1.39. The Balaban J connectivity index is 2.13. The van der Waals surface area contributed by atoms with Gasteiger partial charge in [-0.3, -0.25) is 9.59 Å². The summed E-state index contributed by atoms with van der Waals surface area (Å²) < 4.78 is 64.0. The molecule has 142 valence electrons. The van der Waals surface area contributed by atoms with E-state index in [1.807, 2.05) is 0 Å². The lowest BCUT2D eigenvalue weighted by Gasteiger charge is -2.26. The number of benzene rings is 2. The summed E-state index contributed by atoms with van der Waals surface area (Å²) in [4.78, 5) is 25.7. The van der Waals surface area contributed by atoms with Crippen LogP contribution in [0.2, 0.25) is 0 Å². The first kappa shape index (κ1) is 19.4. The number of alkyl halides is 3. The molecule has 0 unspecified atom stereocenters. The fourth-order valence-corrected chi connectivity index (χ4v) is 3.73. The van der Waals surface area contributed by atoms with Crippen molar-refractivity contribution < 1.29 is 35.5 Å². The summed E-state index contributed by atoms with van der Waals surface area (Å²) in [6, 6.07) is 7.27. The van der Waals surface area contributed by atoms with Crippen LogP contribution in [0.5, 0.6) is 0 Å². The second-order valence-corrected chi connectivity index (χ2v) is 7.90. The number of halogens is 3. The lowest BCUT2D eigenvalue weighted by Crippen LogP contribution is -2.44. The third kappa shape index (κ3) is 3.22. The normalized spacial score (nSPS) is 14.7. The summed E-state index contributed by atoms with van der Waals surface area (Å²) in [5.41, 5.74) is -6.06. The van der Waals surface area contributed by atoms with E-state index >= 15 is 0 Å². The van der Waals surface area contributed by atoms with E-state index in [0.717, 1.165) is 4.90 Å². The molecule has 0 spiro atoms. The second-order valence-electron chi connectivity index (χ2n) is 5.32. The summed E-state index contributed by atoms with van der Waals surface area (Å²) in [5.74, 6) is -2.03. The third-order valence-electron chi connectivity index (χ3n) is 3.64. The number of hydrogen-bond donors (Lipinski definition) is 0. The highest BCUT2D eigenvalue weighted by Gasteiger charge is 2.51. The van der Waals surface area contributed by atoms with Crippen molar-refractivity contribution >= 4 is 44.5 Å². The molecule has 2 aromatic carbocycles. The lowest BCUT2D eigenvalue weighted by atomic mass is 9.95. The number of carbonyl (C=O) groups is 2. The number of imide groups is 1. The van der Waals surface area contributed by atoms with Gasteiger partial charge >= 0.3 is 15.6 Å². The number of hydrogen-bond acceptors (Lipinski definition) is 6. The molecular formula is C16H10F3NO5S2. The molecule has 0 bridgehead atoms. The molecule has 0 aliphatic carbocycles. The fourth-order valence-electron chi connectivity index (χ4n) is 2.53. The van der Waals surface area contributed by atoms with E-state index in [4.69, 9.17) is 0 Å². The Labute approximate surface area is 155 Å². The largest absolute Gasteiger partial charge is 0.525 e. The molecule has 3 rings (SSSR count).